The molecule has 63 valence electrons. The molecule has 0 heterocycles. The summed E-state index contributed by atoms with van der Waals surface area (Å²) in [7, 11) is 0. The maximum atomic E-state index is 10.3. The summed E-state index contributed by atoms with van der Waals surface area (Å²) in [5.41, 5.74) is 1.04. The highest BCUT2D eigenvalue weighted by Gasteiger charge is 2.10. The summed E-state index contributed by atoms with van der Waals surface area (Å²) >= 11 is 0. The average molecular weight is 163 g/mol. The SMILES string of the molecule is CC(CC([O])=O)c1ccccc1. The van der Waals surface area contributed by atoms with Crippen LogP contribution in [0.1, 0.15) is 24.8 Å². The van der Waals surface area contributed by atoms with Crippen LogP contribution in [-0.4, -0.2) is 5.97 Å². The molecule has 0 aromatic heterocycles. The van der Waals surface area contributed by atoms with Crippen molar-refractivity contribution in [3.63, 3.8) is 0 Å². The fourth-order valence-corrected chi connectivity index (χ4v) is 1.15. The first kappa shape index (κ1) is 8.78. The normalized spacial score (nSPS) is 12.4. The van der Waals surface area contributed by atoms with E-state index in [1.165, 1.54) is 0 Å². The van der Waals surface area contributed by atoms with E-state index in [1.54, 1.807) is 0 Å². The van der Waals surface area contributed by atoms with Crippen LogP contribution in [0.2, 0.25) is 0 Å². The Morgan fingerprint density at radius 1 is 1.33 bits per heavy atom. The second kappa shape index (κ2) is 3.90. The van der Waals surface area contributed by atoms with Crippen LogP contribution in [0.5, 0.6) is 0 Å². The molecule has 1 aromatic rings. The topological polar surface area (TPSA) is 37.0 Å². The summed E-state index contributed by atoms with van der Waals surface area (Å²) in [5.74, 6) is -0.956. The van der Waals surface area contributed by atoms with Crippen LogP contribution < -0.4 is 0 Å². The van der Waals surface area contributed by atoms with Gasteiger partial charge in [0.1, 0.15) is 0 Å². The first-order valence-electron chi connectivity index (χ1n) is 3.95. The number of hydrogen-bond acceptors (Lipinski definition) is 1. The van der Waals surface area contributed by atoms with E-state index in [0.717, 1.165) is 5.56 Å². The Labute approximate surface area is 71.8 Å². The highest BCUT2D eigenvalue weighted by Crippen LogP contribution is 2.17. The number of rotatable bonds is 3. The van der Waals surface area contributed by atoms with Crippen molar-refractivity contribution >= 4 is 5.97 Å². The molecule has 0 aliphatic carbocycles. The molecule has 0 saturated carbocycles. The highest BCUT2D eigenvalue weighted by atomic mass is 16.4. The summed E-state index contributed by atoms with van der Waals surface area (Å²) in [6.07, 6.45) is 0.0873. The van der Waals surface area contributed by atoms with Gasteiger partial charge in [-0.3, -0.25) is 0 Å². The van der Waals surface area contributed by atoms with Gasteiger partial charge in [0, 0.05) is 0 Å². The Morgan fingerprint density at radius 2 is 1.92 bits per heavy atom. The van der Waals surface area contributed by atoms with Gasteiger partial charge in [0.15, 0.2) is 0 Å². The minimum atomic E-state index is -0.994. The van der Waals surface area contributed by atoms with Gasteiger partial charge in [0.25, 0.3) is 0 Å². The second-order valence-electron chi connectivity index (χ2n) is 2.89. The molecule has 1 aromatic carbocycles. The monoisotopic (exact) mass is 163 g/mol. The van der Waals surface area contributed by atoms with Crippen molar-refractivity contribution in [2.24, 2.45) is 0 Å². The average Bonchev–Trinajstić information content (AvgIpc) is 2.05. The van der Waals surface area contributed by atoms with Crippen LogP contribution >= 0.6 is 0 Å². The summed E-state index contributed by atoms with van der Waals surface area (Å²) in [5, 5.41) is 10.3. The molecule has 2 nitrogen and oxygen atoms in total. The van der Waals surface area contributed by atoms with Crippen LogP contribution in [0.15, 0.2) is 30.3 Å². The van der Waals surface area contributed by atoms with Gasteiger partial charge in [-0.25, -0.2) is 9.90 Å². The minimum absolute atomic E-state index is 0.0381. The Morgan fingerprint density at radius 3 is 2.42 bits per heavy atom. The second-order valence-corrected chi connectivity index (χ2v) is 2.89. The lowest BCUT2D eigenvalue weighted by Crippen LogP contribution is -2.00. The molecule has 1 unspecified atom stereocenters. The van der Waals surface area contributed by atoms with E-state index in [2.05, 4.69) is 0 Å². The lowest BCUT2D eigenvalue weighted by atomic mass is 9.98. The Bertz CT molecular complexity index is 254. The number of benzene rings is 1. The van der Waals surface area contributed by atoms with Crippen LogP contribution in [0.3, 0.4) is 0 Å². The number of carbonyl (C=O) groups excluding carboxylic acids is 1. The zero-order valence-electron chi connectivity index (χ0n) is 6.99. The third-order valence-corrected chi connectivity index (χ3v) is 1.84. The molecule has 0 amide bonds. The van der Waals surface area contributed by atoms with E-state index in [9.17, 15) is 9.90 Å². The third-order valence-electron chi connectivity index (χ3n) is 1.84. The summed E-state index contributed by atoms with van der Waals surface area (Å²) in [6.45, 7) is 1.88. The van der Waals surface area contributed by atoms with E-state index in [4.69, 9.17) is 0 Å². The molecule has 0 saturated heterocycles. The number of carbonyl (C=O) groups is 1. The maximum absolute atomic E-state index is 10.3. The van der Waals surface area contributed by atoms with E-state index in [0.29, 0.717) is 0 Å². The smallest absolute Gasteiger partial charge is 0.247 e. The Kier molecular flexibility index (Phi) is 2.86. The van der Waals surface area contributed by atoms with Crippen LogP contribution in [0, 0.1) is 0 Å². The van der Waals surface area contributed by atoms with Crippen LogP contribution in [0.25, 0.3) is 0 Å². The lowest BCUT2D eigenvalue weighted by molar-refractivity contribution is -0.143. The molecular formula is C10H11O2. The van der Waals surface area contributed by atoms with Crippen molar-refractivity contribution in [2.45, 2.75) is 19.3 Å². The van der Waals surface area contributed by atoms with Gasteiger partial charge in [-0.05, 0) is 11.5 Å². The van der Waals surface area contributed by atoms with Crippen molar-refractivity contribution in [3.8, 4) is 0 Å². The molecule has 0 aliphatic rings. The van der Waals surface area contributed by atoms with Gasteiger partial charge in [0.05, 0.1) is 6.42 Å². The molecule has 0 fully saturated rings. The summed E-state index contributed by atoms with van der Waals surface area (Å²) < 4.78 is 0. The van der Waals surface area contributed by atoms with Crippen molar-refractivity contribution in [1.29, 1.82) is 0 Å². The maximum Gasteiger partial charge on any atom is 0.356 e. The van der Waals surface area contributed by atoms with Crippen molar-refractivity contribution in [1.82, 2.24) is 0 Å². The van der Waals surface area contributed by atoms with Gasteiger partial charge in [-0.15, -0.1) is 0 Å². The fraction of sp³-hybridized carbons (Fsp3) is 0.300. The first-order chi connectivity index (χ1) is 5.70. The zero-order valence-corrected chi connectivity index (χ0v) is 6.99. The van der Waals surface area contributed by atoms with Crippen molar-refractivity contribution < 1.29 is 9.90 Å². The molecule has 0 bridgehead atoms. The predicted octanol–water partition coefficient (Wildman–Crippen LogP) is 2.14. The molecule has 0 aliphatic heterocycles. The van der Waals surface area contributed by atoms with Gasteiger partial charge >= 0.3 is 5.97 Å². The van der Waals surface area contributed by atoms with Crippen molar-refractivity contribution in [2.75, 3.05) is 0 Å². The van der Waals surface area contributed by atoms with E-state index < -0.39 is 5.97 Å². The Hall–Kier alpha value is -1.31. The van der Waals surface area contributed by atoms with Gasteiger partial charge < -0.3 is 0 Å². The molecule has 2 heteroatoms. The fourth-order valence-electron chi connectivity index (χ4n) is 1.15. The van der Waals surface area contributed by atoms with Gasteiger partial charge in [-0.1, -0.05) is 37.3 Å². The van der Waals surface area contributed by atoms with Crippen LogP contribution in [-0.2, 0) is 9.90 Å². The minimum Gasteiger partial charge on any atom is -0.247 e. The standard InChI is InChI=1S/C10H11O2/c1-8(7-10(11)12)9-5-3-2-4-6-9/h2-6,8H,7H2,1H3. The quantitative estimate of drug-likeness (QED) is 0.672. The molecule has 0 spiro atoms. The molecule has 1 atom stereocenters. The molecule has 12 heavy (non-hydrogen) atoms. The largest absolute Gasteiger partial charge is 0.356 e. The predicted molar refractivity (Wildman–Crippen MR) is 45.2 cm³/mol. The summed E-state index contributed by atoms with van der Waals surface area (Å²) in [6, 6.07) is 9.57. The molecule has 1 radical (unpaired) electrons. The highest BCUT2D eigenvalue weighted by molar-refractivity contribution is 5.67. The van der Waals surface area contributed by atoms with Crippen molar-refractivity contribution in [3.05, 3.63) is 35.9 Å². The lowest BCUT2D eigenvalue weighted by Gasteiger charge is -2.06. The third kappa shape index (κ3) is 2.38. The molecular weight excluding hydrogens is 152 g/mol. The molecule has 1 rings (SSSR count). The zero-order chi connectivity index (χ0) is 8.97. The van der Waals surface area contributed by atoms with E-state index in [-0.39, 0.29) is 12.3 Å². The first-order valence-corrected chi connectivity index (χ1v) is 3.95. The van der Waals surface area contributed by atoms with E-state index in [1.807, 2.05) is 37.3 Å². The number of hydrogen-bond donors (Lipinski definition) is 0. The van der Waals surface area contributed by atoms with Gasteiger partial charge in [-0.2, -0.15) is 0 Å². The Balaban J connectivity index is 2.65. The van der Waals surface area contributed by atoms with E-state index >= 15 is 0 Å². The summed E-state index contributed by atoms with van der Waals surface area (Å²) in [4.78, 5) is 10.3. The molecule has 0 N–H and O–H groups in total. The van der Waals surface area contributed by atoms with Gasteiger partial charge in [0.2, 0.25) is 0 Å². The van der Waals surface area contributed by atoms with Crippen LogP contribution in [0.4, 0.5) is 0 Å².